The summed E-state index contributed by atoms with van der Waals surface area (Å²) in [5.41, 5.74) is 0.560. The van der Waals surface area contributed by atoms with E-state index in [1.165, 1.54) is 5.56 Å². The van der Waals surface area contributed by atoms with E-state index in [4.69, 9.17) is 4.74 Å². The third kappa shape index (κ3) is 3.13. The third-order valence-corrected chi connectivity index (χ3v) is 3.71. The van der Waals surface area contributed by atoms with Crippen LogP contribution >= 0.6 is 0 Å². The van der Waals surface area contributed by atoms with Crippen LogP contribution in [0.25, 0.3) is 0 Å². The van der Waals surface area contributed by atoms with Gasteiger partial charge in [0, 0.05) is 45.1 Å². The lowest BCUT2D eigenvalue weighted by Crippen LogP contribution is -2.45. The molecule has 0 spiro atoms. The van der Waals surface area contributed by atoms with Crippen LogP contribution < -0.4 is 5.32 Å². The summed E-state index contributed by atoms with van der Waals surface area (Å²) in [5, 5.41) is 13.7. The molecular weight excluding hydrogens is 228 g/mol. The van der Waals surface area contributed by atoms with Gasteiger partial charge >= 0.3 is 0 Å². The van der Waals surface area contributed by atoms with Crippen LogP contribution in [0.2, 0.25) is 0 Å². The molecule has 4 nitrogen and oxygen atoms in total. The first kappa shape index (κ1) is 13.6. The molecule has 0 saturated carbocycles. The molecular formula is C14H24N2O2. The van der Waals surface area contributed by atoms with E-state index in [-0.39, 0.29) is 6.10 Å². The Morgan fingerprint density at radius 1 is 1.61 bits per heavy atom. The van der Waals surface area contributed by atoms with Crippen molar-refractivity contribution in [2.75, 3.05) is 13.2 Å². The topological polar surface area (TPSA) is 46.4 Å². The van der Waals surface area contributed by atoms with Crippen LogP contribution in [0.1, 0.15) is 32.3 Å². The minimum atomic E-state index is -0.702. The van der Waals surface area contributed by atoms with Crippen molar-refractivity contribution in [3.8, 4) is 0 Å². The van der Waals surface area contributed by atoms with Gasteiger partial charge in [0.25, 0.3) is 0 Å². The number of nitrogens with one attached hydrogen (secondary N) is 1. The van der Waals surface area contributed by atoms with E-state index in [0.717, 1.165) is 25.9 Å². The zero-order chi connectivity index (χ0) is 13.0. The highest BCUT2D eigenvalue weighted by Gasteiger charge is 2.38. The van der Waals surface area contributed by atoms with Crippen LogP contribution in [0.15, 0.2) is 18.5 Å². The maximum atomic E-state index is 10.3. The fourth-order valence-corrected chi connectivity index (χ4v) is 2.42. The zero-order valence-electron chi connectivity index (χ0n) is 11.4. The first-order valence-corrected chi connectivity index (χ1v) is 6.83. The summed E-state index contributed by atoms with van der Waals surface area (Å²) in [6.45, 7) is 7.22. The van der Waals surface area contributed by atoms with E-state index >= 15 is 0 Å². The largest absolute Gasteiger partial charge is 0.386 e. The number of hydrogen-bond acceptors (Lipinski definition) is 3. The number of nitrogens with zero attached hydrogens (tertiary/aromatic N) is 1. The Kier molecular flexibility index (Phi) is 4.43. The van der Waals surface area contributed by atoms with Crippen molar-refractivity contribution in [2.24, 2.45) is 0 Å². The summed E-state index contributed by atoms with van der Waals surface area (Å²) in [6, 6.07) is 2.13. The zero-order valence-corrected chi connectivity index (χ0v) is 11.4. The molecule has 0 aliphatic carbocycles. The first-order valence-electron chi connectivity index (χ1n) is 6.83. The van der Waals surface area contributed by atoms with Gasteiger partial charge in [0.1, 0.15) is 5.60 Å². The molecule has 2 unspecified atom stereocenters. The number of hydrogen-bond donors (Lipinski definition) is 2. The lowest BCUT2D eigenvalue weighted by atomic mass is 9.97. The minimum absolute atomic E-state index is 0.0744. The van der Waals surface area contributed by atoms with E-state index in [1.807, 2.05) is 6.92 Å². The molecule has 102 valence electrons. The summed E-state index contributed by atoms with van der Waals surface area (Å²) < 4.78 is 7.61. The van der Waals surface area contributed by atoms with E-state index < -0.39 is 5.60 Å². The number of ether oxygens (including phenoxy) is 1. The second-order valence-corrected chi connectivity index (χ2v) is 5.23. The van der Waals surface area contributed by atoms with Gasteiger partial charge in [0.15, 0.2) is 0 Å². The van der Waals surface area contributed by atoms with Crippen LogP contribution in [-0.2, 0) is 17.8 Å². The highest BCUT2D eigenvalue weighted by atomic mass is 16.5. The Bertz CT molecular complexity index is 378. The van der Waals surface area contributed by atoms with Gasteiger partial charge in [0.05, 0.1) is 6.10 Å². The highest BCUT2D eigenvalue weighted by molar-refractivity contribution is 5.10. The lowest BCUT2D eigenvalue weighted by Gasteiger charge is -2.26. The number of rotatable bonds is 6. The average molecular weight is 252 g/mol. The molecule has 2 atom stereocenters. The number of aliphatic hydroxyl groups is 1. The van der Waals surface area contributed by atoms with Gasteiger partial charge in [0.2, 0.25) is 0 Å². The second kappa shape index (κ2) is 5.87. The van der Waals surface area contributed by atoms with E-state index in [1.54, 1.807) is 0 Å². The van der Waals surface area contributed by atoms with Crippen LogP contribution in [0, 0.1) is 0 Å². The van der Waals surface area contributed by atoms with E-state index in [0.29, 0.717) is 13.2 Å². The second-order valence-electron chi connectivity index (χ2n) is 5.23. The van der Waals surface area contributed by atoms with Crippen LogP contribution in [-0.4, -0.2) is 34.5 Å². The Hall–Kier alpha value is -0.840. The normalized spacial score (nSPS) is 27.8. The Morgan fingerprint density at radius 2 is 2.44 bits per heavy atom. The standard InChI is InChI=1S/C14H24N2O2/c1-3-6-16-7-4-13(10-16)9-15-11-14(17)5-8-18-12(14)2/h4,7,10,12,15,17H,3,5-6,8-9,11H2,1-2H3. The molecule has 18 heavy (non-hydrogen) atoms. The predicted molar refractivity (Wildman–Crippen MR) is 71.4 cm³/mol. The van der Waals surface area contributed by atoms with Crippen molar-refractivity contribution in [2.45, 2.75) is 51.5 Å². The fourth-order valence-electron chi connectivity index (χ4n) is 2.42. The Balaban J connectivity index is 1.77. The lowest BCUT2D eigenvalue weighted by molar-refractivity contribution is -0.0262. The van der Waals surface area contributed by atoms with Gasteiger partial charge in [-0.25, -0.2) is 0 Å². The molecule has 0 amide bonds. The number of aromatic nitrogens is 1. The summed E-state index contributed by atoms with van der Waals surface area (Å²) in [4.78, 5) is 0. The van der Waals surface area contributed by atoms with Gasteiger partial charge in [-0.05, 0) is 25.0 Å². The average Bonchev–Trinajstić information content (AvgIpc) is 2.89. The van der Waals surface area contributed by atoms with Crippen molar-refractivity contribution in [3.63, 3.8) is 0 Å². The van der Waals surface area contributed by atoms with Gasteiger partial charge in [-0.1, -0.05) is 6.92 Å². The first-order chi connectivity index (χ1) is 8.64. The van der Waals surface area contributed by atoms with Gasteiger partial charge in [-0.15, -0.1) is 0 Å². The molecule has 2 rings (SSSR count). The van der Waals surface area contributed by atoms with Crippen LogP contribution in [0.3, 0.4) is 0 Å². The third-order valence-electron chi connectivity index (χ3n) is 3.71. The summed E-state index contributed by atoms with van der Waals surface area (Å²) in [5.74, 6) is 0. The molecule has 4 heteroatoms. The van der Waals surface area contributed by atoms with Crippen molar-refractivity contribution >= 4 is 0 Å². The van der Waals surface area contributed by atoms with Crippen LogP contribution in [0.4, 0.5) is 0 Å². The Labute approximate surface area is 109 Å². The van der Waals surface area contributed by atoms with E-state index in [9.17, 15) is 5.11 Å². The summed E-state index contributed by atoms with van der Waals surface area (Å²) in [6.07, 6.45) is 6.06. The van der Waals surface area contributed by atoms with Gasteiger partial charge in [-0.3, -0.25) is 0 Å². The Morgan fingerprint density at radius 3 is 3.11 bits per heavy atom. The molecule has 1 aliphatic heterocycles. The minimum Gasteiger partial charge on any atom is -0.386 e. The highest BCUT2D eigenvalue weighted by Crippen LogP contribution is 2.24. The maximum absolute atomic E-state index is 10.3. The smallest absolute Gasteiger partial charge is 0.105 e. The van der Waals surface area contributed by atoms with Gasteiger partial charge < -0.3 is 19.7 Å². The molecule has 0 aromatic carbocycles. The molecule has 1 saturated heterocycles. The monoisotopic (exact) mass is 252 g/mol. The van der Waals surface area contributed by atoms with Crippen molar-refractivity contribution < 1.29 is 9.84 Å². The molecule has 1 aliphatic rings. The molecule has 1 aromatic rings. The van der Waals surface area contributed by atoms with Gasteiger partial charge in [-0.2, -0.15) is 0 Å². The molecule has 0 radical (unpaired) electrons. The predicted octanol–water partition coefficient (Wildman–Crippen LogP) is 1.53. The quantitative estimate of drug-likeness (QED) is 0.807. The van der Waals surface area contributed by atoms with Crippen molar-refractivity contribution in [3.05, 3.63) is 24.0 Å². The van der Waals surface area contributed by atoms with Crippen molar-refractivity contribution in [1.82, 2.24) is 9.88 Å². The van der Waals surface area contributed by atoms with E-state index in [2.05, 4.69) is 35.3 Å². The number of aryl methyl sites for hydroxylation is 1. The molecule has 2 heterocycles. The SMILES string of the molecule is CCCn1ccc(CNCC2(O)CCOC2C)c1. The summed E-state index contributed by atoms with van der Waals surface area (Å²) >= 11 is 0. The van der Waals surface area contributed by atoms with Crippen LogP contribution in [0.5, 0.6) is 0 Å². The molecule has 1 aromatic heterocycles. The fraction of sp³-hybridized carbons (Fsp3) is 0.714. The maximum Gasteiger partial charge on any atom is 0.105 e. The van der Waals surface area contributed by atoms with Crippen molar-refractivity contribution in [1.29, 1.82) is 0 Å². The molecule has 0 bridgehead atoms. The molecule has 2 N–H and O–H groups in total. The summed E-state index contributed by atoms with van der Waals surface area (Å²) in [7, 11) is 0. The molecule has 1 fully saturated rings.